The van der Waals surface area contributed by atoms with Gasteiger partial charge in [-0.25, -0.2) is 9.00 Å². The molecular weight excluding hydrogens is 214 g/mol. The van der Waals surface area contributed by atoms with Gasteiger partial charge in [0.05, 0.1) is 11.3 Å². The average molecular weight is 227 g/mol. The summed E-state index contributed by atoms with van der Waals surface area (Å²) in [5.41, 5.74) is 1.27. The summed E-state index contributed by atoms with van der Waals surface area (Å²) in [5.74, 6) is 2.36. The number of benzene rings is 1. The molecule has 1 aromatic carbocycles. The smallest absolute Gasteiger partial charge is 0.337 e. The second-order valence-electron chi connectivity index (χ2n) is 3.46. The molecule has 0 fully saturated rings. The molecule has 15 heavy (non-hydrogen) atoms. The molecule has 0 bridgehead atoms. The van der Waals surface area contributed by atoms with E-state index in [1.165, 1.54) is 12.3 Å². The summed E-state index contributed by atoms with van der Waals surface area (Å²) in [6.07, 6.45) is 1.42. The van der Waals surface area contributed by atoms with Crippen LogP contribution in [-0.4, -0.2) is 27.4 Å². The fourth-order valence-corrected chi connectivity index (χ4v) is 1.80. The molecule has 0 aliphatic heterocycles. The fraction of sp³-hybridized carbons (Fsp3) is 0.200. The van der Waals surface area contributed by atoms with Crippen molar-refractivity contribution < 1.29 is 14.1 Å². The van der Waals surface area contributed by atoms with E-state index in [0.717, 1.165) is 5.56 Å². The summed E-state index contributed by atoms with van der Waals surface area (Å²) in [5, 5.41) is 8.93. The molecule has 0 spiro atoms. The summed E-state index contributed by atoms with van der Waals surface area (Å²) < 4.78 is 14.0. The summed E-state index contributed by atoms with van der Waals surface area (Å²) in [7, 11) is -2.46. The molecule has 2 N–H and O–H groups in total. The number of carbonyl (C=O) groups is 1. The number of nitrogens with one attached hydrogen (secondary N) is 1. The summed E-state index contributed by atoms with van der Waals surface area (Å²) >= 11 is 0. The van der Waals surface area contributed by atoms with Crippen LogP contribution in [0.2, 0.25) is 0 Å². The molecule has 0 saturated heterocycles. The van der Waals surface area contributed by atoms with Gasteiger partial charge >= 0.3 is 5.97 Å². The standard InChI is InChI=1S/C10H13NO3S/c1-7-4-5-9(11-15(2,3)14)8(6-7)10(12)13/h4-6H,2H2,1,3H3,(H,11,14)(H,12,13). The zero-order valence-corrected chi connectivity index (χ0v) is 9.43. The lowest BCUT2D eigenvalue weighted by Crippen LogP contribution is -2.13. The third kappa shape index (κ3) is 3.28. The van der Waals surface area contributed by atoms with Crippen molar-refractivity contribution in [1.29, 1.82) is 0 Å². The van der Waals surface area contributed by atoms with Gasteiger partial charge < -0.3 is 9.83 Å². The van der Waals surface area contributed by atoms with Crippen LogP contribution in [0.3, 0.4) is 0 Å². The van der Waals surface area contributed by atoms with E-state index < -0.39 is 15.7 Å². The molecule has 0 radical (unpaired) electrons. The first-order valence-corrected chi connectivity index (χ1v) is 6.37. The number of aryl methyl sites for hydroxylation is 1. The number of hydrogen-bond acceptors (Lipinski definition) is 2. The predicted octanol–water partition coefficient (Wildman–Crippen LogP) is 1.37. The molecule has 0 aromatic heterocycles. The maximum absolute atomic E-state index is 11.4. The maximum atomic E-state index is 11.4. The third-order valence-corrected chi connectivity index (χ3v) is 2.38. The molecule has 0 heterocycles. The minimum Gasteiger partial charge on any atom is -0.478 e. The van der Waals surface area contributed by atoms with Crippen molar-refractivity contribution in [2.75, 3.05) is 11.0 Å². The summed E-state index contributed by atoms with van der Waals surface area (Å²) in [6.45, 7) is 1.80. The Morgan fingerprint density at radius 1 is 1.53 bits per heavy atom. The van der Waals surface area contributed by atoms with Crippen LogP contribution in [-0.2, 0) is 9.71 Å². The molecule has 0 aliphatic carbocycles. The van der Waals surface area contributed by atoms with Crippen molar-refractivity contribution in [2.45, 2.75) is 6.92 Å². The Hall–Kier alpha value is -1.49. The molecule has 1 aromatic rings. The van der Waals surface area contributed by atoms with Gasteiger partial charge in [-0.3, -0.25) is 0 Å². The van der Waals surface area contributed by atoms with Crippen LogP contribution >= 0.6 is 0 Å². The number of carboxylic acid groups (broad SMARTS) is 1. The Morgan fingerprint density at radius 3 is 2.60 bits per heavy atom. The van der Waals surface area contributed by atoms with Crippen LogP contribution in [0, 0.1) is 6.92 Å². The van der Waals surface area contributed by atoms with Crippen LogP contribution in [0.5, 0.6) is 0 Å². The zero-order valence-electron chi connectivity index (χ0n) is 8.61. The largest absolute Gasteiger partial charge is 0.478 e. The summed E-state index contributed by atoms with van der Waals surface area (Å²) in [4.78, 5) is 10.9. The number of carboxylic acids is 1. The molecule has 0 saturated carbocycles. The van der Waals surface area contributed by atoms with Gasteiger partial charge in [-0.2, -0.15) is 0 Å². The van der Waals surface area contributed by atoms with Gasteiger partial charge in [0.1, 0.15) is 0 Å². The summed E-state index contributed by atoms with van der Waals surface area (Å²) in [6, 6.07) is 4.86. The van der Waals surface area contributed by atoms with E-state index in [0.29, 0.717) is 5.69 Å². The molecular formula is C10H13NO3S. The van der Waals surface area contributed by atoms with Crippen molar-refractivity contribution in [3.63, 3.8) is 0 Å². The van der Waals surface area contributed by atoms with E-state index in [2.05, 4.69) is 10.6 Å². The Balaban J connectivity index is 3.24. The van der Waals surface area contributed by atoms with Crippen LogP contribution in [0.25, 0.3) is 0 Å². The highest BCUT2D eigenvalue weighted by atomic mass is 32.2. The molecule has 0 aliphatic rings. The highest BCUT2D eigenvalue weighted by Crippen LogP contribution is 2.18. The maximum Gasteiger partial charge on any atom is 0.337 e. The van der Waals surface area contributed by atoms with Crippen LogP contribution < -0.4 is 4.72 Å². The minimum atomic E-state index is -2.46. The number of hydrogen-bond donors (Lipinski definition) is 2. The zero-order chi connectivity index (χ0) is 11.6. The molecule has 0 amide bonds. The van der Waals surface area contributed by atoms with Gasteiger partial charge in [0.15, 0.2) is 0 Å². The van der Waals surface area contributed by atoms with E-state index in [-0.39, 0.29) is 5.56 Å². The number of aromatic carboxylic acids is 1. The van der Waals surface area contributed by atoms with Gasteiger partial charge in [0.25, 0.3) is 0 Å². The Labute approximate surface area is 89.1 Å². The van der Waals surface area contributed by atoms with Crippen molar-refractivity contribution in [3.8, 4) is 0 Å². The van der Waals surface area contributed by atoms with Gasteiger partial charge in [-0.1, -0.05) is 11.6 Å². The van der Waals surface area contributed by atoms with E-state index in [9.17, 15) is 9.00 Å². The first kappa shape index (κ1) is 11.6. The van der Waals surface area contributed by atoms with E-state index in [1.807, 2.05) is 0 Å². The van der Waals surface area contributed by atoms with Gasteiger partial charge in [0, 0.05) is 16.0 Å². The molecule has 5 heteroatoms. The second-order valence-corrected chi connectivity index (χ2v) is 5.68. The quantitative estimate of drug-likeness (QED) is 0.766. The lowest BCUT2D eigenvalue weighted by Gasteiger charge is -2.10. The lowest BCUT2D eigenvalue weighted by molar-refractivity contribution is 0.0698. The first-order chi connectivity index (χ1) is 6.79. The lowest BCUT2D eigenvalue weighted by atomic mass is 10.1. The highest BCUT2D eigenvalue weighted by molar-refractivity contribution is 8.00. The first-order valence-electron chi connectivity index (χ1n) is 4.23. The second kappa shape index (κ2) is 3.94. The molecule has 1 rings (SSSR count). The SMILES string of the molecule is C=S(C)(=O)Nc1ccc(C)cc1C(=O)O. The van der Waals surface area contributed by atoms with Crippen molar-refractivity contribution in [2.24, 2.45) is 0 Å². The van der Waals surface area contributed by atoms with Gasteiger partial charge in [-0.15, -0.1) is 0 Å². The van der Waals surface area contributed by atoms with Crippen molar-refractivity contribution in [3.05, 3.63) is 29.3 Å². The molecule has 4 nitrogen and oxygen atoms in total. The molecule has 1 unspecified atom stereocenters. The van der Waals surface area contributed by atoms with Crippen molar-refractivity contribution >= 4 is 27.2 Å². The highest BCUT2D eigenvalue weighted by Gasteiger charge is 2.11. The Bertz CT molecular complexity index is 491. The predicted molar refractivity (Wildman–Crippen MR) is 62.9 cm³/mol. The van der Waals surface area contributed by atoms with Crippen molar-refractivity contribution in [1.82, 2.24) is 0 Å². The topological polar surface area (TPSA) is 66.4 Å². The number of anilines is 1. The van der Waals surface area contributed by atoms with Gasteiger partial charge in [0.2, 0.25) is 0 Å². The monoisotopic (exact) mass is 227 g/mol. The third-order valence-electron chi connectivity index (χ3n) is 1.73. The van der Waals surface area contributed by atoms with Crippen LogP contribution in [0.15, 0.2) is 18.2 Å². The average Bonchev–Trinajstić information content (AvgIpc) is 2.05. The van der Waals surface area contributed by atoms with E-state index in [1.54, 1.807) is 19.1 Å². The van der Waals surface area contributed by atoms with Gasteiger partial charge in [-0.05, 0) is 24.9 Å². The van der Waals surface area contributed by atoms with E-state index >= 15 is 0 Å². The molecule has 1 atom stereocenters. The fourth-order valence-electron chi connectivity index (χ4n) is 1.16. The minimum absolute atomic E-state index is 0.105. The Kier molecular flexibility index (Phi) is 3.04. The number of rotatable bonds is 3. The molecule has 82 valence electrons. The normalized spacial score (nSPS) is 14.3. The Morgan fingerprint density at radius 2 is 2.13 bits per heavy atom. The van der Waals surface area contributed by atoms with E-state index in [4.69, 9.17) is 5.11 Å². The van der Waals surface area contributed by atoms with Crippen LogP contribution in [0.4, 0.5) is 5.69 Å². The van der Waals surface area contributed by atoms with Crippen LogP contribution in [0.1, 0.15) is 15.9 Å².